The molecule has 146 valence electrons. The van der Waals surface area contributed by atoms with Crippen molar-refractivity contribution < 1.29 is 9.47 Å². The highest BCUT2D eigenvalue weighted by atomic mass is 16.5. The monoisotopic (exact) mass is 362 g/mol. The summed E-state index contributed by atoms with van der Waals surface area (Å²) in [5.41, 5.74) is 1.11. The molecule has 0 atom stereocenters. The zero-order chi connectivity index (χ0) is 18.5. The third-order valence-corrected chi connectivity index (χ3v) is 4.47. The lowest BCUT2D eigenvalue weighted by atomic mass is 10.3. The molecule has 6 nitrogen and oxygen atoms in total. The Bertz CT molecular complexity index is 513. The molecule has 1 aromatic rings. The van der Waals surface area contributed by atoms with Crippen LogP contribution >= 0.6 is 0 Å². The number of hydrogen-bond acceptors (Lipinski definition) is 4. The van der Waals surface area contributed by atoms with Gasteiger partial charge in [0, 0.05) is 45.6 Å². The first-order valence-electron chi connectivity index (χ1n) is 9.95. The Labute approximate surface area is 157 Å². The van der Waals surface area contributed by atoms with Crippen molar-refractivity contribution in [1.29, 1.82) is 0 Å². The minimum atomic E-state index is 0.348. The molecule has 0 unspecified atom stereocenters. The summed E-state index contributed by atoms with van der Waals surface area (Å²) < 4.78 is 11.5. The van der Waals surface area contributed by atoms with E-state index in [0.717, 1.165) is 62.8 Å². The van der Waals surface area contributed by atoms with Crippen LogP contribution in [0.2, 0.25) is 0 Å². The average Bonchev–Trinajstić information content (AvgIpc) is 3.17. The van der Waals surface area contributed by atoms with E-state index in [9.17, 15) is 0 Å². The zero-order valence-electron chi connectivity index (χ0n) is 16.3. The number of aromatic nitrogens is 1. The highest BCUT2D eigenvalue weighted by molar-refractivity contribution is 5.79. The molecular weight excluding hydrogens is 328 g/mol. The third kappa shape index (κ3) is 8.04. The molecule has 0 radical (unpaired) electrons. The first-order chi connectivity index (χ1) is 12.8. The molecule has 1 aliphatic carbocycles. The Morgan fingerprint density at radius 1 is 1.19 bits per heavy atom. The van der Waals surface area contributed by atoms with Crippen molar-refractivity contribution in [3.05, 3.63) is 23.9 Å². The minimum Gasteiger partial charge on any atom is -0.474 e. The highest BCUT2D eigenvalue weighted by Crippen LogP contribution is 2.22. The summed E-state index contributed by atoms with van der Waals surface area (Å²) in [6.07, 6.45) is 10.3. The number of unbranched alkanes of at least 4 members (excludes halogenated alkanes) is 1. The number of nitrogens with zero attached hydrogens (tertiary/aromatic N) is 2. The topological polar surface area (TPSA) is 67.8 Å². The van der Waals surface area contributed by atoms with Gasteiger partial charge in [0.2, 0.25) is 5.88 Å². The maximum atomic E-state index is 5.90. The van der Waals surface area contributed by atoms with Crippen molar-refractivity contribution in [1.82, 2.24) is 15.6 Å². The molecule has 1 aliphatic rings. The van der Waals surface area contributed by atoms with Crippen molar-refractivity contribution in [2.75, 3.05) is 26.8 Å². The fourth-order valence-corrected chi connectivity index (χ4v) is 2.90. The first-order valence-corrected chi connectivity index (χ1v) is 9.95. The van der Waals surface area contributed by atoms with Gasteiger partial charge in [-0.05, 0) is 44.1 Å². The van der Waals surface area contributed by atoms with Crippen LogP contribution in [-0.4, -0.2) is 43.9 Å². The van der Waals surface area contributed by atoms with Crippen LogP contribution in [0.5, 0.6) is 5.88 Å². The molecule has 2 N–H and O–H groups in total. The molecule has 26 heavy (non-hydrogen) atoms. The van der Waals surface area contributed by atoms with Crippen LogP contribution in [0, 0.1) is 0 Å². The Hall–Kier alpha value is -1.82. The van der Waals surface area contributed by atoms with Gasteiger partial charge in [-0.3, -0.25) is 4.99 Å². The predicted molar refractivity (Wildman–Crippen MR) is 106 cm³/mol. The van der Waals surface area contributed by atoms with Crippen molar-refractivity contribution in [3.63, 3.8) is 0 Å². The van der Waals surface area contributed by atoms with Gasteiger partial charge in [-0.25, -0.2) is 4.98 Å². The second kappa shape index (κ2) is 12.5. The van der Waals surface area contributed by atoms with Crippen molar-refractivity contribution in [2.24, 2.45) is 4.99 Å². The quantitative estimate of drug-likeness (QED) is 0.359. The van der Waals surface area contributed by atoms with Gasteiger partial charge in [0.25, 0.3) is 0 Å². The second-order valence-electron chi connectivity index (χ2n) is 6.70. The number of rotatable bonds is 11. The fraction of sp³-hybridized carbons (Fsp3) is 0.700. The molecule has 0 aromatic carbocycles. The highest BCUT2D eigenvalue weighted by Gasteiger charge is 2.16. The van der Waals surface area contributed by atoms with Crippen LogP contribution in [0.3, 0.4) is 0 Å². The van der Waals surface area contributed by atoms with E-state index < -0.39 is 0 Å². The Balaban J connectivity index is 1.61. The van der Waals surface area contributed by atoms with Gasteiger partial charge in [-0.1, -0.05) is 19.4 Å². The van der Waals surface area contributed by atoms with Crippen LogP contribution in [0.15, 0.2) is 23.3 Å². The van der Waals surface area contributed by atoms with E-state index in [4.69, 9.17) is 9.47 Å². The van der Waals surface area contributed by atoms with Gasteiger partial charge in [-0.2, -0.15) is 0 Å². The third-order valence-electron chi connectivity index (χ3n) is 4.47. The summed E-state index contributed by atoms with van der Waals surface area (Å²) in [4.78, 5) is 8.66. The average molecular weight is 363 g/mol. The summed E-state index contributed by atoms with van der Waals surface area (Å²) >= 11 is 0. The Morgan fingerprint density at radius 2 is 2.00 bits per heavy atom. The second-order valence-corrected chi connectivity index (χ2v) is 6.70. The number of nitrogens with one attached hydrogen (secondary N) is 2. The summed E-state index contributed by atoms with van der Waals surface area (Å²) in [6, 6.07) is 4.01. The number of pyridine rings is 1. The molecule has 1 fully saturated rings. The minimum absolute atomic E-state index is 0.348. The van der Waals surface area contributed by atoms with Crippen LogP contribution in [0.1, 0.15) is 57.4 Å². The summed E-state index contributed by atoms with van der Waals surface area (Å²) in [5, 5.41) is 6.61. The van der Waals surface area contributed by atoms with Crippen molar-refractivity contribution in [3.8, 4) is 5.88 Å². The summed E-state index contributed by atoms with van der Waals surface area (Å²) in [7, 11) is 1.78. The fourth-order valence-electron chi connectivity index (χ4n) is 2.90. The molecule has 0 amide bonds. The van der Waals surface area contributed by atoms with Crippen LogP contribution < -0.4 is 15.4 Å². The van der Waals surface area contributed by atoms with Crippen LogP contribution in [0.25, 0.3) is 0 Å². The van der Waals surface area contributed by atoms with E-state index in [1.54, 1.807) is 7.05 Å². The van der Waals surface area contributed by atoms with E-state index in [-0.39, 0.29) is 0 Å². The standard InChI is InChI=1S/C20H34N4O2/c1-3-4-13-25-14-7-12-22-20(21-2)24-16-17-10-11-19(23-15-17)26-18-8-5-6-9-18/h10-11,15,18H,3-9,12-14,16H2,1-2H3,(H2,21,22,24). The van der Waals surface area contributed by atoms with Gasteiger partial charge in [0.1, 0.15) is 6.10 Å². The lowest BCUT2D eigenvalue weighted by molar-refractivity contribution is 0.129. The maximum Gasteiger partial charge on any atom is 0.213 e. The number of hydrogen-bond donors (Lipinski definition) is 2. The summed E-state index contributed by atoms with van der Waals surface area (Å²) in [6.45, 7) is 5.35. The van der Waals surface area contributed by atoms with Gasteiger partial charge in [0.05, 0.1) is 0 Å². The normalized spacial score (nSPS) is 15.2. The molecule has 0 bridgehead atoms. The Morgan fingerprint density at radius 3 is 2.69 bits per heavy atom. The summed E-state index contributed by atoms with van der Waals surface area (Å²) in [5.74, 6) is 1.52. The van der Waals surface area contributed by atoms with Gasteiger partial charge < -0.3 is 20.1 Å². The molecule has 0 aliphatic heterocycles. The van der Waals surface area contributed by atoms with E-state index in [1.165, 1.54) is 19.3 Å². The smallest absolute Gasteiger partial charge is 0.213 e. The molecule has 0 saturated heterocycles. The van der Waals surface area contributed by atoms with E-state index in [0.29, 0.717) is 12.6 Å². The number of ether oxygens (including phenoxy) is 2. The molecule has 2 rings (SSSR count). The van der Waals surface area contributed by atoms with Gasteiger partial charge >= 0.3 is 0 Å². The molecule has 6 heteroatoms. The lowest BCUT2D eigenvalue weighted by Gasteiger charge is -2.13. The molecule has 1 aromatic heterocycles. The van der Waals surface area contributed by atoms with Crippen LogP contribution in [-0.2, 0) is 11.3 Å². The largest absolute Gasteiger partial charge is 0.474 e. The SMILES string of the molecule is CCCCOCCCNC(=NC)NCc1ccc(OC2CCCC2)nc1. The van der Waals surface area contributed by atoms with Crippen molar-refractivity contribution >= 4 is 5.96 Å². The maximum absolute atomic E-state index is 5.90. The zero-order valence-corrected chi connectivity index (χ0v) is 16.3. The molecule has 1 saturated carbocycles. The molecule has 1 heterocycles. The Kier molecular flexibility index (Phi) is 9.87. The first kappa shape index (κ1) is 20.5. The molecular formula is C20H34N4O2. The van der Waals surface area contributed by atoms with E-state index in [1.807, 2.05) is 12.3 Å². The van der Waals surface area contributed by atoms with Crippen molar-refractivity contribution in [2.45, 2.75) is 64.5 Å². The van der Waals surface area contributed by atoms with E-state index in [2.05, 4.69) is 33.6 Å². The van der Waals surface area contributed by atoms with Crippen LogP contribution in [0.4, 0.5) is 0 Å². The lowest BCUT2D eigenvalue weighted by Crippen LogP contribution is -2.37. The number of aliphatic imine (C=N–C) groups is 1. The van der Waals surface area contributed by atoms with Gasteiger partial charge in [-0.15, -0.1) is 0 Å². The van der Waals surface area contributed by atoms with Gasteiger partial charge in [0.15, 0.2) is 5.96 Å². The van der Waals surface area contributed by atoms with E-state index >= 15 is 0 Å². The molecule has 0 spiro atoms. The number of guanidine groups is 1. The predicted octanol–water partition coefficient (Wildman–Crippen LogP) is 3.27.